The molecule has 1 aromatic carbocycles. The van der Waals surface area contributed by atoms with Gasteiger partial charge in [-0.3, -0.25) is 14.7 Å². The Morgan fingerprint density at radius 1 is 1.18 bits per heavy atom. The van der Waals surface area contributed by atoms with Gasteiger partial charge in [0.2, 0.25) is 5.91 Å². The Morgan fingerprint density at radius 2 is 2.00 bits per heavy atom. The van der Waals surface area contributed by atoms with Gasteiger partial charge in [0, 0.05) is 31.4 Å². The summed E-state index contributed by atoms with van der Waals surface area (Å²) in [4.78, 5) is 24.0. The van der Waals surface area contributed by atoms with Crippen molar-refractivity contribution < 1.29 is 17.6 Å². The quantitative estimate of drug-likeness (QED) is 0.376. The number of carbonyl (C=O) groups excluding carboxylic acids is 1. The van der Waals surface area contributed by atoms with E-state index in [1.807, 2.05) is 6.07 Å². The molecule has 1 fully saturated rings. The molecular weight excluding hydrogens is 495 g/mol. The molecule has 0 saturated carbocycles. The highest BCUT2D eigenvalue weighted by atomic mass is 32.2. The van der Waals surface area contributed by atoms with Crippen molar-refractivity contribution in [3.05, 3.63) is 71.6 Å². The third-order valence-corrected chi connectivity index (χ3v) is 10.1. The maximum atomic E-state index is 13.7. The number of hydrogen-bond donors (Lipinski definition) is 0. The third-order valence-electron chi connectivity index (χ3n) is 5.79. The number of amides is 1. The molecule has 176 valence electrons. The van der Waals surface area contributed by atoms with Gasteiger partial charge in [0.1, 0.15) is 10.0 Å². The SMILES string of the molecule is O=C(C1CCN(S(=O)(=O)c2cccs2)CC1)N(Cc1cccnc1)c1nc2ccc(F)cc2s1. The first-order valence-corrected chi connectivity index (χ1v) is 13.9. The van der Waals surface area contributed by atoms with Crippen molar-refractivity contribution in [3.63, 3.8) is 0 Å². The minimum atomic E-state index is -3.54. The fourth-order valence-electron chi connectivity index (χ4n) is 4.02. The van der Waals surface area contributed by atoms with Crippen LogP contribution in [-0.2, 0) is 21.4 Å². The molecule has 11 heteroatoms. The van der Waals surface area contributed by atoms with Crippen LogP contribution in [0.5, 0.6) is 0 Å². The summed E-state index contributed by atoms with van der Waals surface area (Å²) in [7, 11) is -3.54. The summed E-state index contributed by atoms with van der Waals surface area (Å²) >= 11 is 2.46. The molecule has 7 nitrogen and oxygen atoms in total. The first-order chi connectivity index (χ1) is 16.4. The number of piperidine rings is 1. The standard InChI is InChI=1S/C23H21FN4O3S3/c24-18-5-6-19-20(13-18)33-23(26-19)28(15-16-3-1-9-25-14-16)22(29)17-7-10-27(11-8-17)34(30,31)21-4-2-12-32-21/h1-6,9,12-14,17H,7-8,10-11,15H2. The molecule has 0 radical (unpaired) electrons. The fourth-order valence-corrected chi connectivity index (χ4v) is 7.63. The van der Waals surface area contributed by atoms with Gasteiger partial charge in [0.05, 0.1) is 16.8 Å². The van der Waals surface area contributed by atoms with Crippen LogP contribution >= 0.6 is 22.7 Å². The van der Waals surface area contributed by atoms with E-state index in [1.54, 1.807) is 46.9 Å². The predicted octanol–water partition coefficient (Wildman–Crippen LogP) is 4.53. The summed E-state index contributed by atoms with van der Waals surface area (Å²) < 4.78 is 41.8. The van der Waals surface area contributed by atoms with Crippen molar-refractivity contribution in [2.75, 3.05) is 18.0 Å². The van der Waals surface area contributed by atoms with Gasteiger partial charge in [-0.15, -0.1) is 11.3 Å². The Balaban J connectivity index is 1.38. The molecule has 1 aliphatic heterocycles. The third kappa shape index (κ3) is 4.61. The van der Waals surface area contributed by atoms with E-state index in [0.717, 1.165) is 5.56 Å². The normalized spacial score (nSPS) is 15.6. The van der Waals surface area contributed by atoms with Gasteiger partial charge in [-0.25, -0.2) is 17.8 Å². The van der Waals surface area contributed by atoms with E-state index in [1.165, 1.54) is 39.1 Å². The van der Waals surface area contributed by atoms with Crippen molar-refractivity contribution in [3.8, 4) is 0 Å². The van der Waals surface area contributed by atoms with Gasteiger partial charge in [-0.1, -0.05) is 23.5 Å². The van der Waals surface area contributed by atoms with Crippen molar-refractivity contribution >= 4 is 54.0 Å². The summed E-state index contributed by atoms with van der Waals surface area (Å²) in [6.07, 6.45) is 4.21. The Kier molecular flexibility index (Phi) is 6.43. The number of thiophene rings is 1. The molecule has 4 aromatic rings. The summed E-state index contributed by atoms with van der Waals surface area (Å²) in [5.74, 6) is -0.807. The van der Waals surface area contributed by atoms with Gasteiger partial charge in [-0.2, -0.15) is 4.31 Å². The number of anilines is 1. The molecule has 34 heavy (non-hydrogen) atoms. The predicted molar refractivity (Wildman–Crippen MR) is 131 cm³/mol. The molecule has 0 unspecified atom stereocenters. The van der Waals surface area contributed by atoms with Crippen molar-refractivity contribution in [1.82, 2.24) is 14.3 Å². The number of hydrogen-bond acceptors (Lipinski definition) is 7. The monoisotopic (exact) mass is 516 g/mol. The molecule has 5 rings (SSSR count). The first kappa shape index (κ1) is 23.0. The number of nitrogens with zero attached hydrogens (tertiary/aromatic N) is 4. The second-order valence-electron chi connectivity index (χ2n) is 8.00. The van der Waals surface area contributed by atoms with E-state index in [-0.39, 0.29) is 37.3 Å². The van der Waals surface area contributed by atoms with E-state index in [0.29, 0.717) is 32.4 Å². The van der Waals surface area contributed by atoms with Gasteiger partial charge < -0.3 is 0 Å². The number of fused-ring (bicyclic) bond motifs is 1. The fraction of sp³-hybridized carbons (Fsp3) is 0.261. The number of rotatable bonds is 6. The van der Waals surface area contributed by atoms with Crippen LogP contribution in [0.25, 0.3) is 10.2 Å². The Morgan fingerprint density at radius 3 is 2.71 bits per heavy atom. The molecule has 0 spiro atoms. The maximum Gasteiger partial charge on any atom is 0.252 e. The number of aromatic nitrogens is 2. The number of pyridine rings is 1. The largest absolute Gasteiger partial charge is 0.283 e. The van der Waals surface area contributed by atoms with E-state index in [2.05, 4.69) is 9.97 Å². The van der Waals surface area contributed by atoms with Crippen LogP contribution in [0.4, 0.5) is 9.52 Å². The number of benzene rings is 1. The molecule has 4 heterocycles. The molecule has 1 amide bonds. The molecule has 0 bridgehead atoms. The number of thiazole rings is 1. The summed E-state index contributed by atoms with van der Waals surface area (Å²) in [6, 6.07) is 11.4. The van der Waals surface area contributed by atoms with Crippen LogP contribution in [0.15, 0.2) is 64.4 Å². The summed E-state index contributed by atoms with van der Waals surface area (Å²) in [5.41, 5.74) is 1.47. The maximum absolute atomic E-state index is 13.7. The lowest BCUT2D eigenvalue weighted by Crippen LogP contribution is -2.44. The first-order valence-electron chi connectivity index (χ1n) is 10.7. The van der Waals surface area contributed by atoms with Gasteiger partial charge >= 0.3 is 0 Å². The average molecular weight is 517 g/mol. The Bertz CT molecular complexity index is 1400. The lowest BCUT2D eigenvalue weighted by molar-refractivity contribution is -0.123. The lowest BCUT2D eigenvalue weighted by atomic mass is 9.96. The van der Waals surface area contributed by atoms with Crippen molar-refractivity contribution in [1.29, 1.82) is 0 Å². The van der Waals surface area contributed by atoms with Crippen molar-refractivity contribution in [2.24, 2.45) is 5.92 Å². The second-order valence-corrected chi connectivity index (χ2v) is 12.1. The van der Waals surface area contributed by atoms with Gasteiger partial charge in [0.25, 0.3) is 10.0 Å². The Hall–Kier alpha value is -2.73. The highest BCUT2D eigenvalue weighted by Gasteiger charge is 2.35. The van der Waals surface area contributed by atoms with Crippen LogP contribution in [0.1, 0.15) is 18.4 Å². The van der Waals surface area contributed by atoms with Crippen LogP contribution in [0.2, 0.25) is 0 Å². The van der Waals surface area contributed by atoms with Crippen LogP contribution < -0.4 is 4.90 Å². The zero-order chi connectivity index (χ0) is 23.7. The molecular formula is C23H21FN4O3S3. The zero-order valence-electron chi connectivity index (χ0n) is 18.0. The Labute approximate surface area is 204 Å². The zero-order valence-corrected chi connectivity index (χ0v) is 20.5. The van der Waals surface area contributed by atoms with Crippen LogP contribution in [0, 0.1) is 11.7 Å². The second kappa shape index (κ2) is 9.49. The number of halogens is 1. The molecule has 3 aromatic heterocycles. The van der Waals surface area contributed by atoms with Crippen molar-refractivity contribution in [2.45, 2.75) is 23.6 Å². The molecule has 1 saturated heterocycles. The van der Waals surface area contributed by atoms with Gasteiger partial charge in [0.15, 0.2) is 5.13 Å². The van der Waals surface area contributed by atoms with E-state index < -0.39 is 10.0 Å². The van der Waals surface area contributed by atoms with Crippen LogP contribution in [0.3, 0.4) is 0 Å². The highest BCUT2D eigenvalue weighted by Crippen LogP contribution is 2.33. The average Bonchev–Trinajstić information content (AvgIpc) is 3.53. The number of carbonyl (C=O) groups is 1. The molecule has 1 aliphatic rings. The van der Waals surface area contributed by atoms with E-state index >= 15 is 0 Å². The smallest absolute Gasteiger partial charge is 0.252 e. The van der Waals surface area contributed by atoms with Crippen LogP contribution in [-0.4, -0.2) is 41.7 Å². The summed E-state index contributed by atoms with van der Waals surface area (Å²) in [5, 5.41) is 2.23. The number of sulfonamides is 1. The minimum absolute atomic E-state index is 0.114. The highest BCUT2D eigenvalue weighted by molar-refractivity contribution is 7.91. The molecule has 0 N–H and O–H groups in total. The van der Waals surface area contributed by atoms with Gasteiger partial charge in [-0.05, 0) is 54.1 Å². The topological polar surface area (TPSA) is 83.5 Å². The summed E-state index contributed by atoms with van der Waals surface area (Å²) in [6.45, 7) is 0.841. The van der Waals surface area contributed by atoms with E-state index in [4.69, 9.17) is 0 Å². The minimum Gasteiger partial charge on any atom is -0.283 e. The van der Waals surface area contributed by atoms with E-state index in [9.17, 15) is 17.6 Å². The molecule has 0 aliphatic carbocycles. The molecule has 0 atom stereocenters. The lowest BCUT2D eigenvalue weighted by Gasteiger charge is -2.32.